The van der Waals surface area contributed by atoms with Gasteiger partial charge in [-0.05, 0) is 41.5 Å². The number of fused-ring (bicyclic) bond motifs is 3. The Morgan fingerprint density at radius 2 is 1.58 bits per heavy atom. The topological polar surface area (TPSA) is 56.1 Å². The number of phenolic OH excluding ortho intramolecular Hbond substituents is 1. The van der Waals surface area contributed by atoms with Gasteiger partial charge in [-0.1, -0.05) is 53.7 Å². The van der Waals surface area contributed by atoms with Crippen molar-refractivity contribution in [3.63, 3.8) is 0 Å². The molecule has 2 heterocycles. The van der Waals surface area contributed by atoms with Crippen LogP contribution in [-0.2, 0) is 10.8 Å². The number of hydrogen-bond donors (Lipinski definition) is 1. The number of ketones is 1. The minimum absolute atomic E-state index is 0.0286. The molecular formula is C26H33N3O2. The third-order valence-corrected chi connectivity index (χ3v) is 6.09. The van der Waals surface area contributed by atoms with Gasteiger partial charge in [0.25, 0.3) is 0 Å². The first-order chi connectivity index (χ1) is 14.5. The first kappa shape index (κ1) is 21.4. The molecule has 0 amide bonds. The molecular weight excluding hydrogens is 386 g/mol. The zero-order valence-electron chi connectivity index (χ0n) is 19.5. The van der Waals surface area contributed by atoms with Crippen molar-refractivity contribution in [3.8, 4) is 5.75 Å². The van der Waals surface area contributed by atoms with Crippen LogP contribution in [0.2, 0.25) is 0 Å². The summed E-state index contributed by atoms with van der Waals surface area (Å²) in [5.41, 5.74) is 3.85. The number of anilines is 2. The highest BCUT2D eigenvalue weighted by Gasteiger charge is 2.35. The third kappa shape index (κ3) is 3.82. The lowest BCUT2D eigenvalue weighted by Gasteiger charge is -2.29. The van der Waals surface area contributed by atoms with E-state index in [0.717, 1.165) is 48.0 Å². The van der Waals surface area contributed by atoms with Gasteiger partial charge in [-0.25, -0.2) is 0 Å². The van der Waals surface area contributed by atoms with Crippen molar-refractivity contribution in [1.82, 2.24) is 0 Å². The lowest BCUT2D eigenvalue weighted by Crippen LogP contribution is -2.44. The molecule has 2 aliphatic heterocycles. The van der Waals surface area contributed by atoms with E-state index >= 15 is 0 Å². The van der Waals surface area contributed by atoms with Crippen LogP contribution in [0, 0.1) is 0 Å². The third-order valence-electron chi connectivity index (χ3n) is 6.09. The molecule has 0 spiro atoms. The van der Waals surface area contributed by atoms with Crippen LogP contribution in [-0.4, -0.2) is 36.5 Å². The van der Waals surface area contributed by atoms with Gasteiger partial charge >= 0.3 is 0 Å². The van der Waals surface area contributed by atoms with Crippen molar-refractivity contribution in [2.75, 3.05) is 29.4 Å². The number of benzene rings is 2. The van der Waals surface area contributed by atoms with E-state index in [9.17, 15) is 9.90 Å². The molecule has 164 valence electrons. The summed E-state index contributed by atoms with van der Waals surface area (Å²) in [6, 6.07) is 11.9. The first-order valence-electron chi connectivity index (χ1n) is 11.1. The molecule has 0 radical (unpaired) electrons. The Balaban J connectivity index is 1.75. The summed E-state index contributed by atoms with van der Waals surface area (Å²) in [4.78, 5) is 22.5. The molecule has 0 fully saturated rings. The maximum Gasteiger partial charge on any atom is 0.206 e. The maximum absolute atomic E-state index is 13.6. The van der Waals surface area contributed by atoms with E-state index in [0.29, 0.717) is 11.3 Å². The van der Waals surface area contributed by atoms with E-state index in [1.807, 2.05) is 29.2 Å². The highest BCUT2D eigenvalue weighted by molar-refractivity contribution is 6.19. The normalized spacial score (nSPS) is 16.1. The highest BCUT2D eigenvalue weighted by atomic mass is 16.3. The number of aromatic hydroxyl groups is 1. The maximum atomic E-state index is 13.6. The second kappa shape index (κ2) is 7.40. The van der Waals surface area contributed by atoms with Crippen molar-refractivity contribution in [2.24, 2.45) is 4.99 Å². The molecule has 0 saturated heterocycles. The van der Waals surface area contributed by atoms with Crippen LogP contribution in [0.4, 0.5) is 11.4 Å². The number of para-hydroxylation sites is 2. The van der Waals surface area contributed by atoms with E-state index in [4.69, 9.17) is 4.99 Å². The Hall–Kier alpha value is -2.82. The van der Waals surface area contributed by atoms with Gasteiger partial charge in [-0.15, -0.1) is 0 Å². The Morgan fingerprint density at radius 1 is 1.00 bits per heavy atom. The number of hydrogen-bond acceptors (Lipinski definition) is 5. The van der Waals surface area contributed by atoms with Crippen LogP contribution < -0.4 is 9.80 Å². The van der Waals surface area contributed by atoms with Crippen LogP contribution in [0.5, 0.6) is 5.75 Å². The summed E-state index contributed by atoms with van der Waals surface area (Å²) in [7, 11) is 0. The average molecular weight is 420 g/mol. The van der Waals surface area contributed by atoms with Crippen LogP contribution in [0.3, 0.4) is 0 Å². The monoisotopic (exact) mass is 419 g/mol. The van der Waals surface area contributed by atoms with Gasteiger partial charge < -0.3 is 14.9 Å². The molecule has 4 rings (SSSR count). The fourth-order valence-corrected chi connectivity index (χ4v) is 4.41. The smallest absolute Gasteiger partial charge is 0.206 e. The predicted molar refractivity (Wildman–Crippen MR) is 128 cm³/mol. The predicted octanol–water partition coefficient (Wildman–Crippen LogP) is 5.26. The minimum Gasteiger partial charge on any atom is -0.507 e. The SMILES string of the molecule is CC(C)(C)c1cc(C(=O)CN2C3=NCCCN3c3ccccc32)cc(C(C)(C)C)c1O. The second-order valence-corrected chi connectivity index (χ2v) is 10.6. The molecule has 31 heavy (non-hydrogen) atoms. The molecule has 5 heteroatoms. The zero-order valence-corrected chi connectivity index (χ0v) is 19.5. The quantitative estimate of drug-likeness (QED) is 0.690. The summed E-state index contributed by atoms with van der Waals surface area (Å²) in [6.45, 7) is 14.3. The van der Waals surface area contributed by atoms with Crippen LogP contribution >= 0.6 is 0 Å². The molecule has 0 bridgehead atoms. The fourth-order valence-electron chi connectivity index (χ4n) is 4.41. The molecule has 5 nitrogen and oxygen atoms in total. The lowest BCUT2D eigenvalue weighted by atomic mass is 9.78. The van der Waals surface area contributed by atoms with Crippen molar-refractivity contribution in [1.29, 1.82) is 0 Å². The van der Waals surface area contributed by atoms with Crippen molar-refractivity contribution in [3.05, 3.63) is 53.1 Å². The van der Waals surface area contributed by atoms with E-state index in [2.05, 4.69) is 58.6 Å². The molecule has 0 aromatic heterocycles. The summed E-state index contributed by atoms with van der Waals surface area (Å²) in [6.07, 6.45) is 1.02. The van der Waals surface area contributed by atoms with Gasteiger partial charge in [-0.3, -0.25) is 9.79 Å². The fraction of sp³-hybridized carbons (Fsp3) is 0.462. The molecule has 2 aromatic carbocycles. The average Bonchev–Trinajstić information content (AvgIpc) is 3.00. The van der Waals surface area contributed by atoms with E-state index < -0.39 is 0 Å². The van der Waals surface area contributed by atoms with Gasteiger partial charge in [0.15, 0.2) is 5.78 Å². The van der Waals surface area contributed by atoms with Gasteiger partial charge in [0.05, 0.1) is 17.9 Å². The number of guanidine groups is 1. The molecule has 1 N–H and O–H groups in total. The number of rotatable bonds is 3. The van der Waals surface area contributed by atoms with Crippen LogP contribution in [0.25, 0.3) is 0 Å². The zero-order chi connectivity index (χ0) is 22.6. The Labute approximate surface area is 185 Å². The van der Waals surface area contributed by atoms with Gasteiger partial charge in [0, 0.05) is 29.8 Å². The van der Waals surface area contributed by atoms with Gasteiger partial charge in [0.2, 0.25) is 5.96 Å². The molecule has 0 atom stereocenters. The molecule has 0 aliphatic carbocycles. The van der Waals surface area contributed by atoms with Crippen molar-refractivity contribution in [2.45, 2.75) is 58.8 Å². The highest BCUT2D eigenvalue weighted by Crippen LogP contribution is 2.41. The van der Waals surface area contributed by atoms with E-state index in [1.54, 1.807) is 0 Å². The first-order valence-corrected chi connectivity index (χ1v) is 11.1. The number of carbonyl (C=O) groups excluding carboxylic acids is 1. The standard InChI is InChI=1S/C26H33N3O2/c1-25(2,3)18-14-17(15-19(23(18)31)26(4,5)6)22(30)16-29-21-11-8-7-10-20(21)28-13-9-12-27-24(28)29/h7-8,10-11,14-15,31H,9,12-13,16H2,1-6H3. The molecule has 0 saturated carbocycles. The number of nitrogens with zero attached hydrogens (tertiary/aromatic N) is 3. The summed E-state index contributed by atoms with van der Waals surface area (Å²) < 4.78 is 0. The second-order valence-electron chi connectivity index (χ2n) is 10.6. The van der Waals surface area contributed by atoms with E-state index in [-0.39, 0.29) is 23.2 Å². The lowest BCUT2D eigenvalue weighted by molar-refractivity contribution is 0.100. The summed E-state index contributed by atoms with van der Waals surface area (Å²) in [5, 5.41) is 11.0. The number of phenols is 1. The van der Waals surface area contributed by atoms with Crippen LogP contribution in [0.15, 0.2) is 41.4 Å². The number of carbonyl (C=O) groups is 1. The largest absolute Gasteiger partial charge is 0.507 e. The number of aliphatic imine (C=N–C) groups is 1. The molecule has 2 aliphatic rings. The van der Waals surface area contributed by atoms with E-state index in [1.165, 1.54) is 0 Å². The Kier molecular flexibility index (Phi) is 5.11. The van der Waals surface area contributed by atoms with Gasteiger partial charge in [0.1, 0.15) is 5.75 Å². The Bertz CT molecular complexity index is 1020. The molecule has 0 unspecified atom stereocenters. The van der Waals surface area contributed by atoms with Crippen molar-refractivity contribution >= 4 is 23.1 Å². The van der Waals surface area contributed by atoms with Gasteiger partial charge in [-0.2, -0.15) is 0 Å². The Morgan fingerprint density at radius 3 is 2.16 bits per heavy atom. The van der Waals surface area contributed by atoms with Crippen LogP contribution in [0.1, 0.15) is 69.4 Å². The molecule has 2 aromatic rings. The minimum atomic E-state index is -0.273. The summed E-state index contributed by atoms with van der Waals surface area (Å²) >= 11 is 0. The van der Waals surface area contributed by atoms with Crippen molar-refractivity contribution < 1.29 is 9.90 Å². The summed E-state index contributed by atoms with van der Waals surface area (Å²) in [5.74, 6) is 1.19. The number of Topliss-reactive ketones (excluding diaryl/α,β-unsaturated/α-hetero) is 1.